The van der Waals surface area contributed by atoms with Gasteiger partial charge in [-0.2, -0.15) is 15.0 Å². The maximum absolute atomic E-state index is 13.7. The van der Waals surface area contributed by atoms with Crippen molar-refractivity contribution in [2.45, 2.75) is 4.90 Å². The van der Waals surface area contributed by atoms with E-state index in [1.807, 2.05) is 5.43 Å². The summed E-state index contributed by atoms with van der Waals surface area (Å²) in [6.45, 7) is 0. The fourth-order valence-electron chi connectivity index (χ4n) is 2.07. The van der Waals surface area contributed by atoms with Crippen molar-refractivity contribution >= 4 is 15.9 Å². The summed E-state index contributed by atoms with van der Waals surface area (Å²) in [5.41, 5.74) is 1.88. The number of hydrogen-bond acceptors (Lipinski definition) is 5. The lowest BCUT2D eigenvalue weighted by Gasteiger charge is -2.10. The maximum atomic E-state index is 13.7. The van der Waals surface area contributed by atoms with Crippen LogP contribution < -0.4 is 10.3 Å². The summed E-state index contributed by atoms with van der Waals surface area (Å²) in [5.74, 6) is -2.67. The van der Waals surface area contributed by atoms with Crippen LogP contribution in [0.15, 0.2) is 59.8 Å². The number of nitrogens with one attached hydrogen (secondary N) is 2. The number of carbonyl (C=O) groups excluding carboxylic acids is 1. The Morgan fingerprint density at radius 2 is 1.73 bits per heavy atom. The first-order valence-electron chi connectivity index (χ1n) is 7.11. The third-order valence-corrected chi connectivity index (χ3v) is 4.50. The summed E-state index contributed by atoms with van der Waals surface area (Å²) in [7, 11) is -4.34. The van der Waals surface area contributed by atoms with Crippen LogP contribution in [0, 0.1) is 11.6 Å². The topological polar surface area (TPSA) is 106 Å². The Labute approximate surface area is 146 Å². The molecule has 1 aromatic heterocycles. The Hall–Kier alpha value is -3.18. The highest BCUT2D eigenvalue weighted by atomic mass is 32.2. The average Bonchev–Trinajstić information content (AvgIpc) is 3.14. The van der Waals surface area contributed by atoms with Crippen molar-refractivity contribution in [2.24, 2.45) is 0 Å². The third-order valence-electron chi connectivity index (χ3n) is 3.22. The van der Waals surface area contributed by atoms with E-state index in [1.165, 1.54) is 30.6 Å². The van der Waals surface area contributed by atoms with Crippen LogP contribution in [0.2, 0.25) is 0 Å². The molecule has 0 aliphatic rings. The van der Waals surface area contributed by atoms with Crippen LogP contribution in [0.5, 0.6) is 0 Å². The van der Waals surface area contributed by atoms with Gasteiger partial charge in [0.25, 0.3) is 15.9 Å². The van der Waals surface area contributed by atoms with E-state index in [0.717, 1.165) is 29.1 Å². The molecule has 3 rings (SSSR count). The molecule has 26 heavy (non-hydrogen) atoms. The normalized spacial score (nSPS) is 11.3. The lowest BCUT2D eigenvalue weighted by Crippen LogP contribution is -2.41. The van der Waals surface area contributed by atoms with Crippen molar-refractivity contribution in [3.05, 3.63) is 72.1 Å². The summed E-state index contributed by atoms with van der Waals surface area (Å²) in [5, 5.41) is 7.63. The second-order valence-electron chi connectivity index (χ2n) is 5.01. The Morgan fingerprint density at radius 1 is 1.04 bits per heavy atom. The molecule has 0 saturated heterocycles. The van der Waals surface area contributed by atoms with Gasteiger partial charge in [0, 0.05) is 11.6 Å². The van der Waals surface area contributed by atoms with Crippen molar-refractivity contribution in [3.8, 4) is 5.69 Å². The highest BCUT2D eigenvalue weighted by Gasteiger charge is 2.20. The summed E-state index contributed by atoms with van der Waals surface area (Å²) < 4.78 is 51.4. The van der Waals surface area contributed by atoms with Crippen molar-refractivity contribution in [2.75, 3.05) is 0 Å². The first-order valence-corrected chi connectivity index (χ1v) is 8.59. The Balaban J connectivity index is 1.80. The van der Waals surface area contributed by atoms with E-state index in [0.29, 0.717) is 0 Å². The molecule has 11 heteroatoms. The molecule has 134 valence electrons. The van der Waals surface area contributed by atoms with Gasteiger partial charge in [-0.25, -0.2) is 17.2 Å². The Kier molecular flexibility index (Phi) is 4.73. The van der Waals surface area contributed by atoms with E-state index < -0.39 is 32.5 Å². The Morgan fingerprint density at radius 3 is 2.42 bits per heavy atom. The van der Waals surface area contributed by atoms with Crippen LogP contribution >= 0.6 is 0 Å². The number of halogens is 2. The minimum Gasteiger partial charge on any atom is -0.273 e. The van der Waals surface area contributed by atoms with Gasteiger partial charge in [0.15, 0.2) is 0 Å². The van der Waals surface area contributed by atoms with Crippen LogP contribution in [-0.4, -0.2) is 29.3 Å². The standard InChI is InChI=1S/C15H11F2N5O3S/c16-11-7-10(8-12(9-11)22-18-5-6-19-22)15(23)20-21-26(24,25)14-4-2-1-3-13(14)17/h1-9,21H,(H,20,23). The first-order chi connectivity index (χ1) is 12.4. The minimum atomic E-state index is -4.34. The van der Waals surface area contributed by atoms with Gasteiger partial charge in [0.1, 0.15) is 16.5 Å². The fourth-order valence-corrected chi connectivity index (χ4v) is 2.99. The van der Waals surface area contributed by atoms with Crippen LogP contribution in [0.4, 0.5) is 8.78 Å². The second kappa shape index (κ2) is 6.98. The van der Waals surface area contributed by atoms with E-state index in [9.17, 15) is 22.0 Å². The number of sulfonamides is 1. The number of hydrogen-bond donors (Lipinski definition) is 2. The highest BCUT2D eigenvalue weighted by Crippen LogP contribution is 2.14. The quantitative estimate of drug-likeness (QED) is 0.648. The van der Waals surface area contributed by atoms with Gasteiger partial charge in [-0.1, -0.05) is 12.1 Å². The van der Waals surface area contributed by atoms with Gasteiger partial charge < -0.3 is 0 Å². The van der Waals surface area contributed by atoms with Crippen LogP contribution in [0.25, 0.3) is 5.69 Å². The SMILES string of the molecule is O=C(NNS(=O)(=O)c1ccccc1F)c1cc(F)cc(-n2nccn2)c1. The van der Waals surface area contributed by atoms with Crippen LogP contribution in [-0.2, 0) is 10.0 Å². The van der Waals surface area contributed by atoms with Crippen molar-refractivity contribution in [3.63, 3.8) is 0 Å². The van der Waals surface area contributed by atoms with E-state index in [4.69, 9.17) is 0 Å². The third kappa shape index (κ3) is 3.73. The molecular formula is C15H11F2N5O3S. The largest absolute Gasteiger partial charge is 0.273 e. The van der Waals surface area contributed by atoms with Crippen molar-refractivity contribution < 1.29 is 22.0 Å². The molecule has 0 aliphatic carbocycles. The van der Waals surface area contributed by atoms with Gasteiger partial charge in [0.2, 0.25) is 0 Å². The molecule has 0 atom stereocenters. The molecule has 0 spiro atoms. The predicted octanol–water partition coefficient (Wildman–Crippen LogP) is 1.17. The van der Waals surface area contributed by atoms with Crippen molar-refractivity contribution in [1.29, 1.82) is 0 Å². The maximum Gasteiger partial charge on any atom is 0.266 e. The number of rotatable bonds is 5. The number of carbonyl (C=O) groups is 1. The summed E-state index contributed by atoms with van der Waals surface area (Å²) in [6, 6.07) is 7.91. The zero-order valence-corrected chi connectivity index (χ0v) is 13.7. The number of benzene rings is 2. The molecular weight excluding hydrogens is 368 g/mol. The summed E-state index contributed by atoms with van der Waals surface area (Å²) >= 11 is 0. The summed E-state index contributed by atoms with van der Waals surface area (Å²) in [4.78, 5) is 14.3. The molecule has 0 fully saturated rings. The summed E-state index contributed by atoms with van der Waals surface area (Å²) in [6.07, 6.45) is 2.74. The number of amides is 1. The molecule has 2 N–H and O–H groups in total. The van der Waals surface area contributed by atoms with Crippen LogP contribution in [0.3, 0.4) is 0 Å². The number of nitrogens with zero attached hydrogens (tertiary/aromatic N) is 3. The van der Waals surface area contributed by atoms with Gasteiger partial charge in [0.05, 0.1) is 18.1 Å². The monoisotopic (exact) mass is 379 g/mol. The fraction of sp³-hybridized carbons (Fsp3) is 0. The number of hydrazine groups is 1. The molecule has 1 heterocycles. The average molecular weight is 379 g/mol. The molecule has 8 nitrogen and oxygen atoms in total. The van der Waals surface area contributed by atoms with Gasteiger partial charge in [-0.3, -0.25) is 10.2 Å². The van der Waals surface area contributed by atoms with Crippen molar-refractivity contribution in [1.82, 2.24) is 25.3 Å². The minimum absolute atomic E-state index is 0.164. The van der Waals surface area contributed by atoms with Crippen LogP contribution in [0.1, 0.15) is 10.4 Å². The molecule has 0 aliphatic heterocycles. The van der Waals surface area contributed by atoms with E-state index in [2.05, 4.69) is 10.2 Å². The lowest BCUT2D eigenvalue weighted by atomic mass is 10.2. The lowest BCUT2D eigenvalue weighted by molar-refractivity contribution is 0.0944. The second-order valence-corrected chi connectivity index (χ2v) is 6.66. The molecule has 0 saturated carbocycles. The first kappa shape index (κ1) is 17.6. The molecule has 1 amide bonds. The highest BCUT2D eigenvalue weighted by molar-refractivity contribution is 7.89. The van der Waals surface area contributed by atoms with E-state index >= 15 is 0 Å². The van der Waals surface area contributed by atoms with Gasteiger partial charge >= 0.3 is 0 Å². The zero-order chi connectivity index (χ0) is 18.7. The zero-order valence-electron chi connectivity index (χ0n) is 12.9. The predicted molar refractivity (Wildman–Crippen MR) is 85.5 cm³/mol. The molecule has 0 radical (unpaired) electrons. The van der Waals surface area contributed by atoms with E-state index in [1.54, 1.807) is 4.83 Å². The van der Waals surface area contributed by atoms with Gasteiger partial charge in [-0.15, -0.1) is 4.83 Å². The van der Waals surface area contributed by atoms with E-state index in [-0.39, 0.29) is 11.3 Å². The smallest absolute Gasteiger partial charge is 0.266 e. The Bertz CT molecular complexity index is 1050. The molecule has 3 aromatic rings. The number of aromatic nitrogens is 3. The molecule has 0 unspecified atom stereocenters. The molecule has 2 aromatic carbocycles. The molecule has 0 bridgehead atoms. The van der Waals surface area contributed by atoms with Gasteiger partial charge in [-0.05, 0) is 24.3 Å².